The van der Waals surface area contributed by atoms with Gasteiger partial charge in [-0.25, -0.2) is 4.79 Å². The SMILES string of the molecule is COC(=O)Oc1cc2ccccc2n1Cc1ccccc1. The molecule has 4 heteroatoms. The summed E-state index contributed by atoms with van der Waals surface area (Å²) in [5.74, 6) is 0.479. The Balaban J connectivity index is 2.05. The van der Waals surface area contributed by atoms with Crippen molar-refractivity contribution in [2.24, 2.45) is 0 Å². The summed E-state index contributed by atoms with van der Waals surface area (Å²) in [6, 6.07) is 19.8. The Morgan fingerprint density at radius 3 is 2.52 bits per heavy atom. The van der Waals surface area contributed by atoms with Crippen LogP contribution in [0.15, 0.2) is 60.7 Å². The Morgan fingerprint density at radius 2 is 1.76 bits per heavy atom. The van der Waals surface area contributed by atoms with E-state index in [0.717, 1.165) is 16.5 Å². The topological polar surface area (TPSA) is 40.5 Å². The average Bonchev–Trinajstić information content (AvgIpc) is 2.86. The molecule has 0 aliphatic rings. The molecule has 1 aromatic heterocycles. The Labute approximate surface area is 122 Å². The van der Waals surface area contributed by atoms with Crippen molar-refractivity contribution < 1.29 is 14.3 Å². The Hall–Kier alpha value is -2.75. The molecule has 3 rings (SSSR count). The number of methoxy groups -OCH3 is 1. The van der Waals surface area contributed by atoms with E-state index in [-0.39, 0.29) is 0 Å². The minimum absolute atomic E-state index is 0.479. The number of rotatable bonds is 3. The van der Waals surface area contributed by atoms with Crippen molar-refractivity contribution in [3.63, 3.8) is 0 Å². The van der Waals surface area contributed by atoms with E-state index >= 15 is 0 Å². The second-order valence-corrected chi connectivity index (χ2v) is 4.67. The Morgan fingerprint density at radius 1 is 1.05 bits per heavy atom. The summed E-state index contributed by atoms with van der Waals surface area (Å²) in [7, 11) is 1.30. The first-order valence-corrected chi connectivity index (χ1v) is 6.66. The van der Waals surface area contributed by atoms with Crippen LogP contribution in [0, 0.1) is 0 Å². The number of carbonyl (C=O) groups excluding carboxylic acids is 1. The zero-order valence-electron chi connectivity index (χ0n) is 11.7. The molecule has 0 unspecified atom stereocenters. The van der Waals surface area contributed by atoms with E-state index in [9.17, 15) is 4.79 Å². The lowest BCUT2D eigenvalue weighted by Gasteiger charge is -2.10. The van der Waals surface area contributed by atoms with Gasteiger partial charge in [0.15, 0.2) is 0 Å². The maximum atomic E-state index is 11.4. The smallest absolute Gasteiger partial charge is 0.437 e. The highest BCUT2D eigenvalue weighted by molar-refractivity contribution is 5.83. The van der Waals surface area contributed by atoms with Crippen molar-refractivity contribution in [2.75, 3.05) is 7.11 Å². The number of carbonyl (C=O) groups is 1. The molecule has 0 saturated heterocycles. The molecule has 0 atom stereocenters. The van der Waals surface area contributed by atoms with Gasteiger partial charge in [-0.3, -0.25) is 0 Å². The Bertz CT molecular complexity index is 762. The van der Waals surface area contributed by atoms with E-state index in [2.05, 4.69) is 4.74 Å². The van der Waals surface area contributed by atoms with E-state index in [1.807, 2.05) is 65.2 Å². The van der Waals surface area contributed by atoms with Crippen molar-refractivity contribution in [2.45, 2.75) is 6.54 Å². The van der Waals surface area contributed by atoms with Crippen molar-refractivity contribution in [3.8, 4) is 5.88 Å². The lowest BCUT2D eigenvalue weighted by Crippen LogP contribution is -2.11. The van der Waals surface area contributed by atoms with Gasteiger partial charge in [0.25, 0.3) is 0 Å². The van der Waals surface area contributed by atoms with Crippen molar-refractivity contribution in [1.29, 1.82) is 0 Å². The van der Waals surface area contributed by atoms with Crippen molar-refractivity contribution in [1.82, 2.24) is 4.57 Å². The molecule has 0 bridgehead atoms. The van der Waals surface area contributed by atoms with Crippen LogP contribution in [0.2, 0.25) is 0 Å². The zero-order chi connectivity index (χ0) is 14.7. The number of para-hydroxylation sites is 1. The number of fused-ring (bicyclic) bond motifs is 1. The van der Waals surface area contributed by atoms with Crippen molar-refractivity contribution >= 4 is 17.1 Å². The van der Waals surface area contributed by atoms with Crippen LogP contribution in [-0.2, 0) is 11.3 Å². The van der Waals surface area contributed by atoms with Crippen LogP contribution in [0.25, 0.3) is 10.9 Å². The fraction of sp³-hybridized carbons (Fsp3) is 0.118. The average molecular weight is 281 g/mol. The fourth-order valence-corrected chi connectivity index (χ4v) is 2.33. The highest BCUT2D eigenvalue weighted by Crippen LogP contribution is 2.26. The second-order valence-electron chi connectivity index (χ2n) is 4.67. The molecular weight excluding hydrogens is 266 g/mol. The fourth-order valence-electron chi connectivity index (χ4n) is 2.33. The molecular formula is C17H15NO3. The minimum atomic E-state index is -0.716. The number of aromatic nitrogens is 1. The van der Waals surface area contributed by atoms with E-state index in [4.69, 9.17) is 4.74 Å². The summed E-state index contributed by atoms with van der Waals surface area (Å²) in [4.78, 5) is 11.4. The molecule has 1 heterocycles. The molecule has 0 saturated carbocycles. The molecule has 21 heavy (non-hydrogen) atoms. The van der Waals surface area contributed by atoms with Gasteiger partial charge in [0, 0.05) is 11.5 Å². The standard InChI is InChI=1S/C17H15NO3/c1-20-17(19)21-16-11-14-9-5-6-10-15(14)18(16)12-13-7-3-2-4-8-13/h2-11H,12H2,1H3. The van der Waals surface area contributed by atoms with E-state index < -0.39 is 6.16 Å². The minimum Gasteiger partial charge on any atom is -0.437 e. The van der Waals surface area contributed by atoms with Crippen LogP contribution >= 0.6 is 0 Å². The molecule has 4 nitrogen and oxygen atoms in total. The first-order valence-electron chi connectivity index (χ1n) is 6.66. The third kappa shape index (κ3) is 2.74. The molecule has 0 aliphatic carbocycles. The molecule has 0 spiro atoms. The van der Waals surface area contributed by atoms with Crippen molar-refractivity contribution in [3.05, 3.63) is 66.2 Å². The molecule has 0 amide bonds. The molecule has 3 aromatic rings. The molecule has 106 valence electrons. The summed E-state index contributed by atoms with van der Waals surface area (Å²) in [5, 5.41) is 1.02. The van der Waals surface area contributed by atoms with E-state index in [1.54, 1.807) is 0 Å². The van der Waals surface area contributed by atoms with Gasteiger partial charge in [0.2, 0.25) is 5.88 Å². The number of benzene rings is 2. The van der Waals surface area contributed by atoms with Gasteiger partial charge >= 0.3 is 6.16 Å². The summed E-state index contributed by atoms with van der Waals surface area (Å²) in [6.07, 6.45) is -0.716. The molecule has 0 fully saturated rings. The highest BCUT2D eigenvalue weighted by Gasteiger charge is 2.13. The van der Waals surface area contributed by atoms with Crippen LogP contribution in [-0.4, -0.2) is 17.8 Å². The maximum Gasteiger partial charge on any atom is 0.514 e. The van der Waals surface area contributed by atoms with Crippen LogP contribution in [0.4, 0.5) is 4.79 Å². The summed E-state index contributed by atoms with van der Waals surface area (Å²) >= 11 is 0. The summed E-state index contributed by atoms with van der Waals surface area (Å²) < 4.78 is 11.8. The van der Waals surface area contributed by atoms with Crippen LogP contribution in [0.5, 0.6) is 5.88 Å². The second kappa shape index (κ2) is 5.71. The van der Waals surface area contributed by atoms with Crippen LogP contribution < -0.4 is 4.74 Å². The number of nitrogens with zero attached hydrogens (tertiary/aromatic N) is 1. The number of hydrogen-bond acceptors (Lipinski definition) is 3. The number of hydrogen-bond donors (Lipinski definition) is 0. The zero-order valence-corrected chi connectivity index (χ0v) is 11.7. The highest BCUT2D eigenvalue weighted by atomic mass is 16.7. The lowest BCUT2D eigenvalue weighted by atomic mass is 10.2. The Kier molecular flexibility index (Phi) is 3.60. The largest absolute Gasteiger partial charge is 0.514 e. The summed E-state index contributed by atoms with van der Waals surface area (Å²) in [6.45, 7) is 0.626. The van der Waals surface area contributed by atoms with Gasteiger partial charge in [0.05, 0.1) is 19.2 Å². The predicted octanol–water partition coefficient (Wildman–Crippen LogP) is 3.83. The normalized spacial score (nSPS) is 10.5. The van der Waals surface area contributed by atoms with Crippen LogP contribution in [0.3, 0.4) is 0 Å². The monoisotopic (exact) mass is 281 g/mol. The van der Waals surface area contributed by atoms with E-state index in [0.29, 0.717) is 12.4 Å². The third-order valence-corrected chi connectivity index (χ3v) is 3.31. The van der Waals surface area contributed by atoms with Gasteiger partial charge < -0.3 is 14.0 Å². The quantitative estimate of drug-likeness (QED) is 0.685. The van der Waals surface area contributed by atoms with E-state index in [1.165, 1.54) is 7.11 Å². The first kappa shape index (κ1) is 13.2. The van der Waals surface area contributed by atoms with Gasteiger partial charge in [-0.2, -0.15) is 0 Å². The lowest BCUT2D eigenvalue weighted by molar-refractivity contribution is 0.118. The molecule has 0 radical (unpaired) electrons. The van der Waals surface area contributed by atoms with Crippen LogP contribution in [0.1, 0.15) is 5.56 Å². The predicted molar refractivity (Wildman–Crippen MR) is 80.5 cm³/mol. The third-order valence-electron chi connectivity index (χ3n) is 3.31. The van der Waals surface area contributed by atoms with Gasteiger partial charge in [-0.05, 0) is 11.6 Å². The molecule has 0 N–H and O–H groups in total. The maximum absolute atomic E-state index is 11.4. The number of ether oxygens (including phenoxy) is 2. The summed E-state index contributed by atoms with van der Waals surface area (Å²) in [5.41, 5.74) is 2.15. The molecule has 2 aromatic carbocycles. The first-order chi connectivity index (χ1) is 10.3. The van der Waals surface area contributed by atoms with Gasteiger partial charge in [0.1, 0.15) is 0 Å². The van der Waals surface area contributed by atoms with Gasteiger partial charge in [-0.1, -0.05) is 48.5 Å². The molecule has 0 aliphatic heterocycles. The van der Waals surface area contributed by atoms with Gasteiger partial charge in [-0.15, -0.1) is 0 Å².